The monoisotopic (exact) mass is 343 g/mol. The van der Waals surface area contributed by atoms with E-state index in [1.54, 1.807) is 0 Å². The molecule has 0 spiro atoms. The highest BCUT2D eigenvalue weighted by molar-refractivity contribution is 6.30. The van der Waals surface area contributed by atoms with E-state index in [4.69, 9.17) is 16.3 Å². The summed E-state index contributed by atoms with van der Waals surface area (Å²) < 4.78 is 5.14. The minimum atomic E-state index is -0.489. The predicted octanol–water partition coefficient (Wildman–Crippen LogP) is 3.52. The molecule has 1 aromatic carbocycles. The Balaban J connectivity index is 2.61. The van der Waals surface area contributed by atoms with E-state index >= 15 is 0 Å². The number of unbranched alkanes of at least 4 members (excludes halogenated alkanes) is 2. The van der Waals surface area contributed by atoms with Gasteiger partial charge in [-0.25, -0.2) is 0 Å². The molecule has 0 bridgehead atoms. The molecule has 6 nitrogen and oxygen atoms in total. The molecule has 0 amide bonds. The van der Waals surface area contributed by atoms with Crippen LogP contribution in [-0.4, -0.2) is 29.2 Å². The highest BCUT2D eigenvalue weighted by Gasteiger charge is 2.19. The molecule has 128 valence electrons. The molecule has 1 atom stereocenters. The second-order valence-electron chi connectivity index (χ2n) is 5.42. The average molecular weight is 344 g/mol. The van der Waals surface area contributed by atoms with Gasteiger partial charge in [-0.2, -0.15) is 0 Å². The Morgan fingerprint density at radius 3 is 2.78 bits per heavy atom. The van der Waals surface area contributed by atoms with Crippen molar-refractivity contribution in [1.82, 2.24) is 0 Å². The molecular formula is C16H22ClNO5. The smallest absolute Gasteiger partial charge is 0.305 e. The van der Waals surface area contributed by atoms with Crippen molar-refractivity contribution in [2.75, 3.05) is 13.2 Å². The van der Waals surface area contributed by atoms with Crippen molar-refractivity contribution in [3.05, 3.63) is 38.9 Å². The molecule has 0 aliphatic rings. The van der Waals surface area contributed by atoms with Gasteiger partial charge in [-0.05, 0) is 25.0 Å². The first kappa shape index (κ1) is 19.4. The zero-order valence-corrected chi connectivity index (χ0v) is 13.9. The number of hydrogen-bond acceptors (Lipinski definition) is 5. The third-order valence-electron chi connectivity index (χ3n) is 3.47. The number of nitro benzene ring substituents is 1. The largest absolute Gasteiger partial charge is 0.465 e. The zero-order valence-electron chi connectivity index (χ0n) is 13.2. The molecule has 0 aliphatic heterocycles. The summed E-state index contributed by atoms with van der Waals surface area (Å²) >= 11 is 5.88. The first-order chi connectivity index (χ1) is 11.0. The Labute approximate surface area is 140 Å². The summed E-state index contributed by atoms with van der Waals surface area (Å²) in [6.45, 7) is 1.85. The second kappa shape index (κ2) is 10.2. The SMILES string of the molecule is CCCCCC(=O)OC[C@@H](CO)Cc1cc(Cl)ccc1[N+](=O)[O-]. The number of halogens is 1. The highest BCUT2D eigenvalue weighted by Crippen LogP contribution is 2.25. The summed E-state index contributed by atoms with van der Waals surface area (Å²) in [4.78, 5) is 22.1. The molecule has 0 saturated heterocycles. The van der Waals surface area contributed by atoms with Gasteiger partial charge in [0.15, 0.2) is 0 Å². The summed E-state index contributed by atoms with van der Waals surface area (Å²) in [5, 5.41) is 20.8. The van der Waals surface area contributed by atoms with Gasteiger partial charge in [0.25, 0.3) is 5.69 Å². The van der Waals surface area contributed by atoms with E-state index in [9.17, 15) is 20.0 Å². The topological polar surface area (TPSA) is 89.7 Å². The zero-order chi connectivity index (χ0) is 17.2. The van der Waals surface area contributed by atoms with Crippen LogP contribution in [0.3, 0.4) is 0 Å². The van der Waals surface area contributed by atoms with Gasteiger partial charge < -0.3 is 9.84 Å². The Kier molecular flexibility index (Phi) is 8.58. The summed E-state index contributed by atoms with van der Waals surface area (Å²) in [5.41, 5.74) is 0.366. The van der Waals surface area contributed by atoms with Crippen LogP contribution in [-0.2, 0) is 16.0 Å². The Morgan fingerprint density at radius 1 is 1.43 bits per heavy atom. The van der Waals surface area contributed by atoms with Crippen LogP contribution >= 0.6 is 11.6 Å². The van der Waals surface area contributed by atoms with Crippen LogP contribution in [0.5, 0.6) is 0 Å². The maximum Gasteiger partial charge on any atom is 0.305 e. The van der Waals surface area contributed by atoms with Crippen LogP contribution in [0.2, 0.25) is 5.02 Å². The normalized spacial score (nSPS) is 12.0. The number of esters is 1. The van der Waals surface area contributed by atoms with E-state index in [2.05, 4.69) is 0 Å². The number of carbonyl (C=O) groups is 1. The van der Waals surface area contributed by atoms with Crippen molar-refractivity contribution < 1.29 is 19.6 Å². The third-order valence-corrected chi connectivity index (χ3v) is 3.70. The lowest BCUT2D eigenvalue weighted by atomic mass is 9.99. The van der Waals surface area contributed by atoms with E-state index in [1.807, 2.05) is 6.92 Å². The first-order valence-electron chi connectivity index (χ1n) is 7.67. The average Bonchev–Trinajstić information content (AvgIpc) is 2.51. The van der Waals surface area contributed by atoms with Crippen LogP contribution in [0.25, 0.3) is 0 Å². The van der Waals surface area contributed by atoms with Gasteiger partial charge >= 0.3 is 5.97 Å². The minimum absolute atomic E-state index is 0.0329. The van der Waals surface area contributed by atoms with Gasteiger partial charge in [-0.1, -0.05) is 31.4 Å². The molecule has 1 N–H and O–H groups in total. The lowest BCUT2D eigenvalue weighted by Gasteiger charge is -2.15. The number of hydrogen-bond donors (Lipinski definition) is 1. The van der Waals surface area contributed by atoms with Crippen LogP contribution < -0.4 is 0 Å². The second-order valence-corrected chi connectivity index (χ2v) is 5.86. The van der Waals surface area contributed by atoms with Crippen molar-refractivity contribution in [3.8, 4) is 0 Å². The molecule has 0 radical (unpaired) electrons. The fourth-order valence-electron chi connectivity index (χ4n) is 2.19. The van der Waals surface area contributed by atoms with Crippen molar-refractivity contribution in [2.24, 2.45) is 5.92 Å². The summed E-state index contributed by atoms with van der Waals surface area (Å²) in [7, 11) is 0. The van der Waals surface area contributed by atoms with E-state index in [1.165, 1.54) is 18.2 Å². The maximum atomic E-state index is 11.6. The first-order valence-corrected chi connectivity index (χ1v) is 8.05. The van der Waals surface area contributed by atoms with Crippen LogP contribution in [0.15, 0.2) is 18.2 Å². The number of nitrogens with zero attached hydrogens (tertiary/aromatic N) is 1. The van der Waals surface area contributed by atoms with Crippen LogP contribution in [0.4, 0.5) is 5.69 Å². The lowest BCUT2D eigenvalue weighted by molar-refractivity contribution is -0.385. The third kappa shape index (κ3) is 6.97. The Hall–Kier alpha value is -1.66. The van der Waals surface area contributed by atoms with Gasteiger partial charge in [-0.15, -0.1) is 0 Å². The number of carbonyl (C=O) groups excluding carboxylic acids is 1. The molecule has 0 heterocycles. The Bertz CT molecular complexity index is 535. The molecular weight excluding hydrogens is 322 g/mol. The molecule has 0 aromatic heterocycles. The molecule has 0 fully saturated rings. The van der Waals surface area contributed by atoms with Crippen molar-refractivity contribution >= 4 is 23.3 Å². The number of rotatable bonds is 10. The molecule has 1 rings (SSSR count). The van der Waals surface area contributed by atoms with E-state index in [-0.39, 0.29) is 31.3 Å². The number of nitro groups is 1. The molecule has 0 saturated carbocycles. The molecule has 7 heteroatoms. The standard InChI is InChI=1S/C16H22ClNO5/c1-2-3-4-5-16(20)23-11-12(10-19)8-13-9-14(17)6-7-15(13)18(21)22/h6-7,9,12,19H,2-5,8,10-11H2,1H3/t12-/m1/s1. The number of aliphatic hydroxyl groups is 1. The maximum absolute atomic E-state index is 11.6. The fourth-order valence-corrected chi connectivity index (χ4v) is 2.38. The lowest BCUT2D eigenvalue weighted by Crippen LogP contribution is -2.20. The van der Waals surface area contributed by atoms with Gasteiger partial charge in [0, 0.05) is 35.6 Å². The molecule has 1 aromatic rings. The predicted molar refractivity (Wildman–Crippen MR) is 87.5 cm³/mol. The number of aliphatic hydroxyl groups excluding tert-OH is 1. The van der Waals surface area contributed by atoms with Gasteiger partial charge in [-0.3, -0.25) is 14.9 Å². The van der Waals surface area contributed by atoms with Crippen molar-refractivity contribution in [1.29, 1.82) is 0 Å². The molecule has 0 aliphatic carbocycles. The van der Waals surface area contributed by atoms with E-state index in [0.29, 0.717) is 17.0 Å². The fraction of sp³-hybridized carbons (Fsp3) is 0.562. The van der Waals surface area contributed by atoms with E-state index < -0.39 is 10.8 Å². The van der Waals surface area contributed by atoms with Crippen LogP contribution in [0, 0.1) is 16.0 Å². The number of ether oxygens (including phenoxy) is 1. The van der Waals surface area contributed by atoms with Gasteiger partial charge in [0.1, 0.15) is 0 Å². The Morgan fingerprint density at radius 2 is 2.17 bits per heavy atom. The summed E-state index contributed by atoms with van der Waals surface area (Å²) in [6.07, 6.45) is 3.33. The number of benzene rings is 1. The van der Waals surface area contributed by atoms with Gasteiger partial charge in [0.2, 0.25) is 0 Å². The highest BCUT2D eigenvalue weighted by atomic mass is 35.5. The van der Waals surface area contributed by atoms with Crippen molar-refractivity contribution in [3.63, 3.8) is 0 Å². The summed E-state index contributed by atoms with van der Waals surface area (Å²) in [5.74, 6) is -0.709. The van der Waals surface area contributed by atoms with E-state index in [0.717, 1.165) is 19.3 Å². The summed E-state index contributed by atoms with van der Waals surface area (Å²) in [6, 6.07) is 4.29. The quantitative estimate of drug-likeness (QED) is 0.304. The van der Waals surface area contributed by atoms with Gasteiger partial charge in [0.05, 0.1) is 11.5 Å². The molecule has 23 heavy (non-hydrogen) atoms. The van der Waals surface area contributed by atoms with Crippen LogP contribution in [0.1, 0.15) is 38.2 Å². The molecule has 0 unspecified atom stereocenters. The minimum Gasteiger partial charge on any atom is -0.465 e. The van der Waals surface area contributed by atoms with Crippen molar-refractivity contribution in [2.45, 2.75) is 39.0 Å².